The Kier molecular flexibility index (Phi) is 8.44. The second-order valence-corrected chi connectivity index (χ2v) is 15.2. The van der Waals surface area contributed by atoms with E-state index in [1.807, 2.05) is 49.3 Å². The number of fused-ring (bicyclic) bond motifs is 2. The SMILES string of the molecule is CCNC(=O)c1cc(Nc2nc(-c3cnc4c(c3)N([C@H]3C[C@@](C)(N5CCCCC5)C3)C(=O)C4(C)C)cc3ncn(C(C)C)c23)c(F)c(F)c1C. The smallest absolute Gasteiger partial charge is 0.251 e. The van der Waals surface area contributed by atoms with Crippen molar-refractivity contribution in [1.82, 2.24) is 29.7 Å². The number of imidazole rings is 1. The molecule has 2 fully saturated rings. The molecule has 3 aliphatic rings. The zero-order valence-electron chi connectivity index (χ0n) is 30.0. The Morgan fingerprint density at radius 1 is 1.04 bits per heavy atom. The number of halogens is 2. The predicted molar refractivity (Wildman–Crippen MR) is 191 cm³/mol. The first-order chi connectivity index (χ1) is 23.7. The molecule has 1 aliphatic carbocycles. The second kappa shape index (κ2) is 12.4. The monoisotopic (exact) mass is 684 g/mol. The van der Waals surface area contributed by atoms with Crippen molar-refractivity contribution in [2.75, 3.05) is 29.9 Å². The zero-order valence-corrected chi connectivity index (χ0v) is 30.0. The van der Waals surface area contributed by atoms with Crippen LogP contribution in [0.25, 0.3) is 22.3 Å². The minimum Gasteiger partial charge on any atom is -0.352 e. The third-order valence-corrected chi connectivity index (χ3v) is 11.0. The van der Waals surface area contributed by atoms with Crippen molar-refractivity contribution in [1.29, 1.82) is 0 Å². The lowest BCUT2D eigenvalue weighted by Gasteiger charge is -2.55. The molecule has 2 aliphatic heterocycles. The summed E-state index contributed by atoms with van der Waals surface area (Å²) in [5.41, 5.74) is 2.91. The third-order valence-electron chi connectivity index (χ3n) is 11.0. The maximum Gasteiger partial charge on any atom is 0.251 e. The van der Waals surface area contributed by atoms with Gasteiger partial charge in [0.1, 0.15) is 5.52 Å². The number of hydrogen-bond donors (Lipinski definition) is 2. The molecule has 2 N–H and O–H groups in total. The normalized spacial score (nSPS) is 21.8. The summed E-state index contributed by atoms with van der Waals surface area (Å²) in [6.45, 7) is 15.9. The van der Waals surface area contributed by atoms with E-state index in [-0.39, 0.29) is 46.2 Å². The van der Waals surface area contributed by atoms with Crippen molar-refractivity contribution in [2.24, 2.45) is 0 Å². The first-order valence-corrected chi connectivity index (χ1v) is 17.8. The molecule has 5 heterocycles. The molecule has 1 aromatic carbocycles. The first kappa shape index (κ1) is 34.0. The number of carbonyl (C=O) groups excluding carboxylic acids is 2. The maximum absolute atomic E-state index is 15.5. The van der Waals surface area contributed by atoms with Gasteiger partial charge in [0, 0.05) is 47.1 Å². The molecule has 2 amide bonds. The summed E-state index contributed by atoms with van der Waals surface area (Å²) in [6.07, 6.45) is 8.93. The fourth-order valence-corrected chi connectivity index (χ4v) is 8.08. The van der Waals surface area contributed by atoms with Crippen molar-refractivity contribution >= 4 is 40.0 Å². The molecule has 4 aromatic rings. The van der Waals surface area contributed by atoms with Gasteiger partial charge in [-0.2, -0.15) is 0 Å². The van der Waals surface area contributed by atoms with E-state index in [1.54, 1.807) is 19.4 Å². The van der Waals surface area contributed by atoms with Crippen LogP contribution in [0.3, 0.4) is 0 Å². The Hall–Kier alpha value is -4.45. The largest absolute Gasteiger partial charge is 0.352 e. The van der Waals surface area contributed by atoms with Gasteiger partial charge in [0.15, 0.2) is 17.5 Å². The summed E-state index contributed by atoms with van der Waals surface area (Å²) in [6, 6.07) is 5.19. The Labute approximate surface area is 291 Å². The zero-order chi connectivity index (χ0) is 35.7. The van der Waals surface area contributed by atoms with Crippen LogP contribution < -0.4 is 15.5 Å². The van der Waals surface area contributed by atoms with E-state index in [0.717, 1.165) is 37.3 Å². The number of amides is 2. The highest BCUT2D eigenvalue weighted by Crippen LogP contribution is 2.50. The molecule has 10 nitrogen and oxygen atoms in total. The fraction of sp³-hybridized carbons (Fsp3) is 0.500. The standard InChI is InChI=1S/C38H46F2N8O2/c1-8-41-35(49)25-15-27(31(40)30(39)22(25)4)45-34-32-28(43-20-47(32)21(2)3)16-26(44-34)23-14-29-33(42-19-23)37(5,6)36(50)48(29)24-17-38(7,18-24)46-12-10-9-11-13-46/h14-16,19-21,24H,8-13,17-18H2,1-7H3,(H,41,49)(H,44,45)/t24-,38+. The number of benzene rings is 1. The van der Waals surface area contributed by atoms with Gasteiger partial charge in [0.05, 0.1) is 40.0 Å². The van der Waals surface area contributed by atoms with Gasteiger partial charge in [-0.05, 0) is 105 Å². The van der Waals surface area contributed by atoms with Crippen molar-refractivity contribution in [3.8, 4) is 11.3 Å². The van der Waals surface area contributed by atoms with Crippen LogP contribution in [-0.2, 0) is 10.2 Å². The summed E-state index contributed by atoms with van der Waals surface area (Å²) < 4.78 is 32.6. The van der Waals surface area contributed by atoms with Gasteiger partial charge in [-0.25, -0.2) is 18.7 Å². The quantitative estimate of drug-likeness (QED) is 0.202. The van der Waals surface area contributed by atoms with Gasteiger partial charge < -0.3 is 20.1 Å². The minimum absolute atomic E-state index is 0.0137. The topological polar surface area (TPSA) is 108 Å². The van der Waals surface area contributed by atoms with Crippen molar-refractivity contribution < 1.29 is 18.4 Å². The molecule has 264 valence electrons. The highest BCUT2D eigenvalue weighted by Gasteiger charge is 2.54. The van der Waals surface area contributed by atoms with Crippen LogP contribution in [-0.4, -0.2) is 67.4 Å². The lowest BCUT2D eigenvalue weighted by atomic mass is 9.71. The summed E-state index contributed by atoms with van der Waals surface area (Å²) in [4.78, 5) is 45.8. The van der Waals surface area contributed by atoms with Gasteiger partial charge in [-0.3, -0.25) is 19.5 Å². The van der Waals surface area contributed by atoms with Crippen LogP contribution in [0.1, 0.15) is 101 Å². The fourth-order valence-electron chi connectivity index (χ4n) is 8.08. The molecule has 1 saturated heterocycles. The van der Waals surface area contributed by atoms with E-state index >= 15 is 8.78 Å². The van der Waals surface area contributed by atoms with Gasteiger partial charge in [-0.1, -0.05) is 6.42 Å². The van der Waals surface area contributed by atoms with Crippen LogP contribution in [0, 0.1) is 18.6 Å². The number of aromatic nitrogens is 4. The van der Waals surface area contributed by atoms with Crippen molar-refractivity contribution in [3.05, 3.63) is 59.2 Å². The molecule has 3 aromatic heterocycles. The number of likely N-dealkylation sites (tertiary alicyclic amines) is 1. The molecule has 7 rings (SSSR count). The average molecular weight is 685 g/mol. The van der Waals surface area contributed by atoms with Crippen LogP contribution in [0.2, 0.25) is 0 Å². The molecule has 50 heavy (non-hydrogen) atoms. The summed E-state index contributed by atoms with van der Waals surface area (Å²) in [7, 11) is 0. The second-order valence-electron chi connectivity index (χ2n) is 15.2. The van der Waals surface area contributed by atoms with E-state index in [1.165, 1.54) is 32.3 Å². The number of nitrogens with zero attached hydrogens (tertiary/aromatic N) is 6. The molecule has 0 atom stereocenters. The Bertz CT molecular complexity index is 2010. The summed E-state index contributed by atoms with van der Waals surface area (Å²) >= 11 is 0. The molecule has 1 saturated carbocycles. The number of carbonyl (C=O) groups is 2. The summed E-state index contributed by atoms with van der Waals surface area (Å²) in [5.74, 6) is -2.43. The number of anilines is 3. The van der Waals surface area contributed by atoms with Crippen LogP contribution >= 0.6 is 0 Å². The lowest BCUT2D eigenvalue weighted by Crippen LogP contribution is -2.64. The average Bonchev–Trinajstić information content (AvgIpc) is 3.60. The van der Waals surface area contributed by atoms with Crippen molar-refractivity contribution in [2.45, 2.75) is 104 Å². The van der Waals surface area contributed by atoms with E-state index in [2.05, 4.69) is 27.4 Å². The van der Waals surface area contributed by atoms with Crippen molar-refractivity contribution in [3.63, 3.8) is 0 Å². The number of piperidine rings is 1. The maximum atomic E-state index is 15.5. The van der Waals surface area contributed by atoms with Crippen LogP contribution in [0.4, 0.5) is 26.0 Å². The third kappa shape index (κ3) is 5.43. The van der Waals surface area contributed by atoms with Gasteiger partial charge in [0.2, 0.25) is 5.91 Å². The van der Waals surface area contributed by atoms with Crippen LogP contribution in [0.5, 0.6) is 0 Å². The molecular formula is C38H46F2N8O2. The number of hydrogen-bond acceptors (Lipinski definition) is 7. The van der Waals surface area contributed by atoms with Crippen LogP contribution in [0.15, 0.2) is 30.7 Å². The highest BCUT2D eigenvalue weighted by molar-refractivity contribution is 6.08. The molecule has 12 heteroatoms. The van der Waals surface area contributed by atoms with E-state index in [0.29, 0.717) is 28.8 Å². The number of nitrogens with one attached hydrogen (secondary N) is 2. The molecule has 0 bridgehead atoms. The molecule has 0 radical (unpaired) electrons. The van der Waals surface area contributed by atoms with E-state index < -0.39 is 23.0 Å². The Balaban J connectivity index is 1.29. The highest BCUT2D eigenvalue weighted by atomic mass is 19.2. The lowest BCUT2D eigenvalue weighted by molar-refractivity contribution is -0.123. The number of rotatable bonds is 8. The number of pyridine rings is 2. The first-order valence-electron chi connectivity index (χ1n) is 17.8. The Morgan fingerprint density at radius 3 is 2.44 bits per heavy atom. The van der Waals surface area contributed by atoms with E-state index in [4.69, 9.17) is 9.97 Å². The van der Waals surface area contributed by atoms with Gasteiger partial charge >= 0.3 is 0 Å². The molecule has 0 spiro atoms. The molecular weight excluding hydrogens is 638 g/mol. The minimum atomic E-state index is -1.11. The Morgan fingerprint density at radius 2 is 1.76 bits per heavy atom. The van der Waals surface area contributed by atoms with E-state index in [9.17, 15) is 9.59 Å². The summed E-state index contributed by atoms with van der Waals surface area (Å²) in [5, 5.41) is 5.68. The van der Waals surface area contributed by atoms with Gasteiger partial charge in [0.25, 0.3) is 5.91 Å². The molecule has 0 unspecified atom stereocenters. The van der Waals surface area contributed by atoms with Gasteiger partial charge in [-0.15, -0.1) is 0 Å². The predicted octanol–water partition coefficient (Wildman–Crippen LogP) is 7.19.